The van der Waals surface area contributed by atoms with Crippen molar-refractivity contribution in [3.8, 4) is 5.75 Å². The molecule has 0 N–H and O–H groups in total. The fourth-order valence-corrected chi connectivity index (χ4v) is 3.16. The number of likely N-dealkylation sites (tertiary alicyclic amines) is 1. The van der Waals surface area contributed by atoms with Crippen LogP contribution in [0.15, 0.2) is 22.7 Å². The minimum atomic E-state index is 0.0809. The van der Waals surface area contributed by atoms with E-state index in [0.717, 1.165) is 24.0 Å². The number of methoxy groups -OCH3 is 1. The van der Waals surface area contributed by atoms with Gasteiger partial charge in [0, 0.05) is 22.8 Å². The number of ether oxygens (including phenoxy) is 1. The lowest BCUT2D eigenvalue weighted by Gasteiger charge is -2.17. The van der Waals surface area contributed by atoms with E-state index in [1.165, 1.54) is 0 Å². The van der Waals surface area contributed by atoms with Crippen LogP contribution in [0.3, 0.4) is 0 Å². The second-order valence-corrected chi connectivity index (χ2v) is 6.24. The van der Waals surface area contributed by atoms with Crippen molar-refractivity contribution in [3.05, 3.63) is 28.2 Å². The summed E-state index contributed by atoms with van der Waals surface area (Å²) in [5, 5.41) is 0.568. The first-order valence-electron chi connectivity index (χ1n) is 5.81. The Kier molecular flexibility index (Phi) is 4.56. The zero-order chi connectivity index (χ0) is 13.1. The van der Waals surface area contributed by atoms with Gasteiger partial charge in [0.15, 0.2) is 0 Å². The summed E-state index contributed by atoms with van der Waals surface area (Å²) in [4.78, 5) is 14.3. The zero-order valence-electron chi connectivity index (χ0n) is 10.5. The highest BCUT2D eigenvalue weighted by molar-refractivity contribution is 9.10. The molecule has 1 amide bonds. The zero-order valence-corrected chi connectivity index (χ0v) is 12.9. The van der Waals surface area contributed by atoms with E-state index in [4.69, 9.17) is 4.74 Å². The molecule has 5 heteroatoms. The molecule has 0 aliphatic carbocycles. The van der Waals surface area contributed by atoms with Crippen LogP contribution >= 0.6 is 27.7 Å². The van der Waals surface area contributed by atoms with Gasteiger partial charge in [-0.25, -0.2) is 0 Å². The van der Waals surface area contributed by atoms with E-state index in [-0.39, 0.29) is 5.91 Å². The molecule has 0 spiro atoms. The fourth-order valence-electron chi connectivity index (χ4n) is 2.07. The van der Waals surface area contributed by atoms with Gasteiger partial charge in [0.25, 0.3) is 5.91 Å². The van der Waals surface area contributed by atoms with E-state index in [1.807, 2.05) is 28.8 Å². The van der Waals surface area contributed by atoms with Crippen molar-refractivity contribution in [2.45, 2.75) is 11.7 Å². The number of carbonyl (C=O) groups is 1. The van der Waals surface area contributed by atoms with Crippen LogP contribution in [0.25, 0.3) is 0 Å². The number of amides is 1. The van der Waals surface area contributed by atoms with Crippen molar-refractivity contribution < 1.29 is 9.53 Å². The standard InChI is InChI=1S/C13H16BrNO2S/c1-17-9-3-4-12(14)11(7-9)13(16)15-6-5-10(8-15)18-2/h3-4,7,10H,5-6,8H2,1-2H3. The van der Waals surface area contributed by atoms with Gasteiger partial charge in [0.05, 0.1) is 12.7 Å². The molecule has 2 rings (SSSR count). The molecule has 0 bridgehead atoms. The molecule has 98 valence electrons. The Balaban J connectivity index is 2.18. The molecule has 0 saturated carbocycles. The van der Waals surface area contributed by atoms with E-state index < -0.39 is 0 Å². The summed E-state index contributed by atoms with van der Waals surface area (Å²) in [6, 6.07) is 5.49. The molecule has 1 aliphatic rings. The number of rotatable bonds is 3. The number of carbonyl (C=O) groups excluding carboxylic acids is 1. The summed E-state index contributed by atoms with van der Waals surface area (Å²) in [5.74, 6) is 0.791. The van der Waals surface area contributed by atoms with Crippen molar-refractivity contribution in [2.75, 3.05) is 26.5 Å². The second kappa shape index (κ2) is 5.97. The SMILES string of the molecule is COc1ccc(Br)c(C(=O)N2CCC(SC)C2)c1. The molecule has 1 saturated heterocycles. The van der Waals surface area contributed by atoms with Gasteiger partial charge < -0.3 is 9.64 Å². The highest BCUT2D eigenvalue weighted by Crippen LogP contribution is 2.27. The van der Waals surface area contributed by atoms with Gasteiger partial charge in [-0.1, -0.05) is 0 Å². The number of nitrogens with zero attached hydrogens (tertiary/aromatic N) is 1. The molecular formula is C13H16BrNO2S. The normalized spacial score (nSPS) is 19.1. The van der Waals surface area contributed by atoms with Gasteiger partial charge in [-0.15, -0.1) is 0 Å². The lowest BCUT2D eigenvalue weighted by molar-refractivity contribution is 0.0792. The van der Waals surface area contributed by atoms with Crippen molar-refractivity contribution in [1.82, 2.24) is 4.90 Å². The van der Waals surface area contributed by atoms with Crippen molar-refractivity contribution >= 4 is 33.6 Å². The lowest BCUT2D eigenvalue weighted by atomic mass is 10.2. The molecule has 0 radical (unpaired) electrons. The van der Waals surface area contributed by atoms with E-state index in [2.05, 4.69) is 22.2 Å². The Morgan fingerprint density at radius 2 is 2.33 bits per heavy atom. The molecule has 1 aliphatic heterocycles. The Bertz CT molecular complexity index is 453. The summed E-state index contributed by atoms with van der Waals surface area (Å²) in [7, 11) is 1.61. The molecule has 1 heterocycles. The number of thioether (sulfide) groups is 1. The van der Waals surface area contributed by atoms with Crippen molar-refractivity contribution in [2.24, 2.45) is 0 Å². The number of benzene rings is 1. The largest absolute Gasteiger partial charge is 0.497 e. The highest BCUT2D eigenvalue weighted by atomic mass is 79.9. The van der Waals surface area contributed by atoms with E-state index in [9.17, 15) is 4.79 Å². The Morgan fingerprint density at radius 3 is 2.94 bits per heavy atom. The van der Waals surface area contributed by atoms with Gasteiger partial charge in [-0.05, 0) is 46.8 Å². The molecule has 1 fully saturated rings. The maximum atomic E-state index is 12.4. The van der Waals surface area contributed by atoms with Crippen LogP contribution in [0.1, 0.15) is 16.8 Å². The van der Waals surface area contributed by atoms with Crippen LogP contribution in [0, 0.1) is 0 Å². The second-order valence-electron chi connectivity index (χ2n) is 4.24. The molecule has 1 aromatic carbocycles. The summed E-state index contributed by atoms with van der Waals surface area (Å²) in [6.07, 6.45) is 3.18. The summed E-state index contributed by atoms with van der Waals surface area (Å²) in [6.45, 7) is 1.68. The lowest BCUT2D eigenvalue weighted by Crippen LogP contribution is -2.29. The van der Waals surface area contributed by atoms with Crippen LogP contribution in [-0.2, 0) is 0 Å². The van der Waals surface area contributed by atoms with E-state index >= 15 is 0 Å². The van der Waals surface area contributed by atoms with Gasteiger partial charge in [-0.3, -0.25) is 4.79 Å². The third-order valence-electron chi connectivity index (χ3n) is 3.17. The van der Waals surface area contributed by atoms with Crippen LogP contribution in [-0.4, -0.2) is 42.5 Å². The number of halogens is 1. The molecule has 18 heavy (non-hydrogen) atoms. The van der Waals surface area contributed by atoms with Crippen molar-refractivity contribution in [3.63, 3.8) is 0 Å². The first-order chi connectivity index (χ1) is 8.65. The average molecular weight is 330 g/mol. The minimum Gasteiger partial charge on any atom is -0.497 e. The third-order valence-corrected chi connectivity index (χ3v) is 4.91. The topological polar surface area (TPSA) is 29.5 Å². The smallest absolute Gasteiger partial charge is 0.255 e. The predicted molar refractivity (Wildman–Crippen MR) is 78.5 cm³/mol. The van der Waals surface area contributed by atoms with Gasteiger partial charge in [0.1, 0.15) is 5.75 Å². The molecule has 1 aromatic rings. The molecule has 1 atom stereocenters. The Labute approximate surface area is 120 Å². The van der Waals surface area contributed by atoms with Gasteiger partial charge in [-0.2, -0.15) is 11.8 Å². The van der Waals surface area contributed by atoms with E-state index in [0.29, 0.717) is 16.6 Å². The molecule has 1 unspecified atom stereocenters. The summed E-state index contributed by atoms with van der Waals surface area (Å²) < 4.78 is 5.99. The predicted octanol–water partition coefficient (Wildman–Crippen LogP) is 3.04. The van der Waals surface area contributed by atoms with Crippen LogP contribution in [0.5, 0.6) is 5.75 Å². The fraction of sp³-hybridized carbons (Fsp3) is 0.462. The monoisotopic (exact) mass is 329 g/mol. The molecule has 3 nitrogen and oxygen atoms in total. The minimum absolute atomic E-state index is 0.0809. The maximum absolute atomic E-state index is 12.4. The maximum Gasteiger partial charge on any atom is 0.255 e. The number of hydrogen-bond acceptors (Lipinski definition) is 3. The first kappa shape index (κ1) is 13.7. The quantitative estimate of drug-likeness (QED) is 0.853. The average Bonchev–Trinajstić information content (AvgIpc) is 2.87. The Morgan fingerprint density at radius 1 is 1.56 bits per heavy atom. The third kappa shape index (κ3) is 2.83. The van der Waals surface area contributed by atoms with Gasteiger partial charge in [0.2, 0.25) is 0 Å². The van der Waals surface area contributed by atoms with Crippen molar-refractivity contribution in [1.29, 1.82) is 0 Å². The van der Waals surface area contributed by atoms with Crippen LogP contribution in [0.4, 0.5) is 0 Å². The van der Waals surface area contributed by atoms with Crippen LogP contribution < -0.4 is 4.74 Å². The molecule has 0 aromatic heterocycles. The summed E-state index contributed by atoms with van der Waals surface area (Å²) >= 11 is 5.26. The van der Waals surface area contributed by atoms with Gasteiger partial charge >= 0.3 is 0 Å². The Hall–Kier alpha value is -0.680. The van der Waals surface area contributed by atoms with E-state index in [1.54, 1.807) is 13.2 Å². The molecular weight excluding hydrogens is 314 g/mol. The highest BCUT2D eigenvalue weighted by Gasteiger charge is 2.27. The first-order valence-corrected chi connectivity index (χ1v) is 7.89. The number of hydrogen-bond donors (Lipinski definition) is 0. The van der Waals surface area contributed by atoms with Crippen LogP contribution in [0.2, 0.25) is 0 Å². The summed E-state index contributed by atoms with van der Waals surface area (Å²) in [5.41, 5.74) is 0.677.